The fraction of sp³-hybridized carbons (Fsp3) is 0.824. The monoisotopic (exact) mass is 311 g/mol. The molecule has 1 aliphatic rings. The summed E-state index contributed by atoms with van der Waals surface area (Å²) in [6.45, 7) is 7.41. The van der Waals surface area contributed by atoms with Crippen LogP contribution in [-0.4, -0.2) is 15.8 Å². The van der Waals surface area contributed by atoms with E-state index in [1.165, 1.54) is 31.4 Å². The van der Waals surface area contributed by atoms with Crippen LogP contribution in [0.1, 0.15) is 64.3 Å². The number of nitrogens with two attached hydrogens (primary N) is 1. The van der Waals surface area contributed by atoms with Gasteiger partial charge < -0.3 is 5.73 Å². The van der Waals surface area contributed by atoms with Gasteiger partial charge in [0.05, 0.1) is 16.4 Å². The molecule has 0 aromatic carbocycles. The van der Waals surface area contributed by atoms with Crippen LogP contribution in [0, 0.1) is 11.8 Å². The summed E-state index contributed by atoms with van der Waals surface area (Å²) in [6.07, 6.45) is 8.21. The third-order valence-electron chi connectivity index (χ3n) is 5.00. The van der Waals surface area contributed by atoms with Crippen LogP contribution in [0.4, 0.5) is 0 Å². The number of halogens is 1. The highest BCUT2D eigenvalue weighted by molar-refractivity contribution is 6.31. The van der Waals surface area contributed by atoms with Crippen LogP contribution in [0.3, 0.4) is 0 Å². The van der Waals surface area contributed by atoms with E-state index in [0.717, 1.165) is 42.4 Å². The van der Waals surface area contributed by atoms with Gasteiger partial charge in [0.15, 0.2) is 0 Å². The van der Waals surface area contributed by atoms with E-state index in [1.54, 1.807) is 0 Å². The second-order valence-electron chi connectivity index (χ2n) is 6.47. The molecule has 2 N–H and O–H groups in total. The quantitative estimate of drug-likeness (QED) is 0.855. The van der Waals surface area contributed by atoms with Crippen LogP contribution in [0.2, 0.25) is 5.02 Å². The van der Waals surface area contributed by atoms with Crippen LogP contribution in [0.15, 0.2) is 0 Å². The zero-order chi connectivity index (χ0) is 15.4. The van der Waals surface area contributed by atoms with E-state index < -0.39 is 0 Å². The second kappa shape index (κ2) is 7.64. The molecule has 1 aliphatic carbocycles. The maximum Gasteiger partial charge on any atom is 0.0849 e. The van der Waals surface area contributed by atoms with Crippen LogP contribution < -0.4 is 5.73 Å². The van der Waals surface area contributed by atoms with Crippen molar-refractivity contribution in [3.8, 4) is 0 Å². The molecular weight excluding hydrogens is 282 g/mol. The number of aromatic nitrogens is 2. The normalized spacial score (nSPS) is 26.2. The molecule has 3 unspecified atom stereocenters. The van der Waals surface area contributed by atoms with Crippen LogP contribution >= 0.6 is 11.6 Å². The van der Waals surface area contributed by atoms with Gasteiger partial charge in [0.2, 0.25) is 0 Å². The van der Waals surface area contributed by atoms with Crippen LogP contribution in [0.25, 0.3) is 0 Å². The lowest BCUT2D eigenvalue weighted by Crippen LogP contribution is -2.37. The first-order valence-corrected chi connectivity index (χ1v) is 8.97. The van der Waals surface area contributed by atoms with Crippen molar-refractivity contribution in [1.82, 2.24) is 9.78 Å². The van der Waals surface area contributed by atoms with E-state index >= 15 is 0 Å². The molecule has 1 aromatic rings. The predicted octanol–water partition coefficient (Wildman–Crippen LogP) is 4.21. The van der Waals surface area contributed by atoms with Crippen molar-refractivity contribution < 1.29 is 0 Å². The molecule has 1 saturated carbocycles. The smallest absolute Gasteiger partial charge is 0.0849 e. The number of nitrogens with zero attached hydrogens (tertiary/aromatic N) is 2. The van der Waals surface area contributed by atoms with Crippen molar-refractivity contribution in [2.75, 3.05) is 0 Å². The zero-order valence-corrected chi connectivity index (χ0v) is 14.5. The zero-order valence-electron chi connectivity index (χ0n) is 13.7. The third-order valence-corrected chi connectivity index (χ3v) is 5.43. The Morgan fingerprint density at radius 2 is 2.05 bits per heavy atom. The highest BCUT2D eigenvalue weighted by Gasteiger charge is 2.29. The minimum atomic E-state index is 0.319. The highest BCUT2D eigenvalue weighted by atomic mass is 35.5. The summed E-state index contributed by atoms with van der Waals surface area (Å²) < 4.78 is 2.08. The van der Waals surface area contributed by atoms with Crippen molar-refractivity contribution >= 4 is 11.6 Å². The number of hydrogen-bond acceptors (Lipinski definition) is 2. The molecule has 1 aromatic heterocycles. The first-order chi connectivity index (χ1) is 10.1. The molecule has 21 heavy (non-hydrogen) atoms. The van der Waals surface area contributed by atoms with E-state index in [2.05, 4.69) is 30.6 Å². The standard InChI is InChI=1S/C17H30ClN3/c1-4-7-12-8-9-14(19)13(10-12)11-16-17(18)15(5-2)20-21(16)6-3/h12-14H,4-11,19H2,1-3H3. The summed E-state index contributed by atoms with van der Waals surface area (Å²) in [6, 6.07) is 0.319. The molecule has 2 rings (SSSR count). The molecule has 3 atom stereocenters. The van der Waals surface area contributed by atoms with Gasteiger partial charge >= 0.3 is 0 Å². The Bertz CT molecular complexity index is 455. The summed E-state index contributed by atoms with van der Waals surface area (Å²) >= 11 is 6.55. The average molecular weight is 312 g/mol. The topological polar surface area (TPSA) is 43.8 Å². The highest BCUT2D eigenvalue weighted by Crippen LogP contribution is 2.35. The van der Waals surface area contributed by atoms with Gasteiger partial charge in [0.1, 0.15) is 0 Å². The molecule has 0 amide bonds. The summed E-state index contributed by atoms with van der Waals surface area (Å²) in [4.78, 5) is 0. The van der Waals surface area contributed by atoms with Crippen LogP contribution in [-0.2, 0) is 19.4 Å². The maximum absolute atomic E-state index is 6.55. The van der Waals surface area contributed by atoms with Crippen molar-refractivity contribution in [3.63, 3.8) is 0 Å². The lowest BCUT2D eigenvalue weighted by atomic mass is 9.75. The first kappa shape index (κ1) is 16.8. The number of rotatable bonds is 6. The molecule has 4 heteroatoms. The van der Waals surface area contributed by atoms with Gasteiger partial charge in [-0.25, -0.2) is 0 Å². The summed E-state index contributed by atoms with van der Waals surface area (Å²) in [5.41, 5.74) is 8.63. The Kier molecular flexibility index (Phi) is 6.12. The van der Waals surface area contributed by atoms with Gasteiger partial charge in [-0.15, -0.1) is 0 Å². The molecule has 0 spiro atoms. The third kappa shape index (κ3) is 3.81. The van der Waals surface area contributed by atoms with Crippen molar-refractivity contribution in [2.45, 2.75) is 78.3 Å². The Balaban J connectivity index is 2.14. The summed E-state index contributed by atoms with van der Waals surface area (Å²) in [5.74, 6) is 1.40. The lowest BCUT2D eigenvalue weighted by molar-refractivity contribution is 0.218. The van der Waals surface area contributed by atoms with Crippen molar-refractivity contribution in [2.24, 2.45) is 17.6 Å². The van der Waals surface area contributed by atoms with Gasteiger partial charge in [-0.3, -0.25) is 4.68 Å². The molecule has 0 bridgehead atoms. The van der Waals surface area contributed by atoms with E-state index in [-0.39, 0.29) is 0 Å². The molecule has 0 saturated heterocycles. The average Bonchev–Trinajstić information content (AvgIpc) is 2.79. The maximum atomic E-state index is 6.55. The Morgan fingerprint density at radius 1 is 1.29 bits per heavy atom. The first-order valence-electron chi connectivity index (χ1n) is 8.60. The minimum Gasteiger partial charge on any atom is -0.327 e. The Hall–Kier alpha value is -0.540. The Labute approximate surface area is 134 Å². The molecule has 0 aliphatic heterocycles. The van der Waals surface area contributed by atoms with Crippen molar-refractivity contribution in [3.05, 3.63) is 16.4 Å². The van der Waals surface area contributed by atoms with Crippen LogP contribution in [0.5, 0.6) is 0 Å². The fourth-order valence-corrected chi connectivity index (χ4v) is 4.10. The summed E-state index contributed by atoms with van der Waals surface area (Å²) in [5, 5.41) is 5.52. The largest absolute Gasteiger partial charge is 0.327 e. The predicted molar refractivity (Wildman–Crippen MR) is 89.7 cm³/mol. The van der Waals surface area contributed by atoms with Gasteiger partial charge in [-0.2, -0.15) is 5.10 Å². The van der Waals surface area contributed by atoms with Gasteiger partial charge in [0.25, 0.3) is 0 Å². The fourth-order valence-electron chi connectivity index (χ4n) is 3.75. The van der Waals surface area contributed by atoms with E-state index in [0.29, 0.717) is 12.0 Å². The molecule has 120 valence electrons. The van der Waals surface area contributed by atoms with Gasteiger partial charge in [0, 0.05) is 12.6 Å². The van der Waals surface area contributed by atoms with E-state index in [1.807, 2.05) is 0 Å². The number of hydrogen-bond donors (Lipinski definition) is 1. The molecule has 1 fully saturated rings. The second-order valence-corrected chi connectivity index (χ2v) is 6.85. The lowest BCUT2D eigenvalue weighted by Gasteiger charge is -2.34. The Morgan fingerprint density at radius 3 is 2.67 bits per heavy atom. The van der Waals surface area contributed by atoms with Gasteiger partial charge in [-0.05, 0) is 50.9 Å². The van der Waals surface area contributed by atoms with Crippen molar-refractivity contribution in [1.29, 1.82) is 0 Å². The molecule has 1 heterocycles. The minimum absolute atomic E-state index is 0.319. The molecule has 3 nitrogen and oxygen atoms in total. The number of aryl methyl sites for hydroxylation is 2. The van der Waals surface area contributed by atoms with E-state index in [9.17, 15) is 0 Å². The SMILES string of the molecule is CCCC1CCC(N)C(Cc2c(Cl)c(CC)nn2CC)C1. The molecular formula is C17H30ClN3. The summed E-state index contributed by atoms with van der Waals surface area (Å²) in [7, 11) is 0. The molecule has 0 radical (unpaired) electrons. The van der Waals surface area contributed by atoms with Gasteiger partial charge in [-0.1, -0.05) is 38.3 Å². The van der Waals surface area contributed by atoms with E-state index in [4.69, 9.17) is 17.3 Å².